The highest BCUT2D eigenvalue weighted by molar-refractivity contribution is 5.34. The van der Waals surface area contributed by atoms with Crippen LogP contribution in [0.1, 0.15) is 25.3 Å². The zero-order valence-corrected chi connectivity index (χ0v) is 16.2. The Bertz CT molecular complexity index is 864. The fourth-order valence-electron chi connectivity index (χ4n) is 3.68. The molecular weight excluding hydrogens is 352 g/mol. The minimum absolute atomic E-state index is 0.345. The quantitative estimate of drug-likeness (QED) is 0.650. The molecule has 7 heteroatoms. The summed E-state index contributed by atoms with van der Waals surface area (Å²) in [6, 6.07) is 18.8. The maximum atomic E-state index is 5.87. The summed E-state index contributed by atoms with van der Waals surface area (Å²) in [4.78, 5) is 2.56. The second-order valence-electron chi connectivity index (χ2n) is 7.01. The number of nitrogens with one attached hydrogen (secondary N) is 1. The van der Waals surface area contributed by atoms with Gasteiger partial charge in [0.25, 0.3) is 0 Å². The van der Waals surface area contributed by atoms with Gasteiger partial charge in [-0.2, -0.15) is 4.68 Å². The van der Waals surface area contributed by atoms with Crippen molar-refractivity contribution in [3.05, 3.63) is 60.2 Å². The standard InChI is InChI=1S/C21H26N6O/c1-2-26-14-6-9-19(26)16-22-15-17-10-12-20(13-11-17)28-21-23-24-25-27(21)18-7-4-3-5-8-18/h3-5,7-8,10-13,19,22H,2,6,9,14-16H2,1H3/t19-/m0/s1. The van der Waals surface area contributed by atoms with Crippen LogP contribution in [0.4, 0.5) is 0 Å². The molecule has 7 nitrogen and oxygen atoms in total. The van der Waals surface area contributed by atoms with Crippen molar-refractivity contribution in [3.8, 4) is 17.4 Å². The first-order valence-corrected chi connectivity index (χ1v) is 9.89. The van der Waals surface area contributed by atoms with E-state index in [0.29, 0.717) is 17.8 Å². The Kier molecular flexibility index (Phi) is 5.94. The predicted molar refractivity (Wildman–Crippen MR) is 108 cm³/mol. The van der Waals surface area contributed by atoms with Gasteiger partial charge in [-0.05, 0) is 66.2 Å². The van der Waals surface area contributed by atoms with Gasteiger partial charge < -0.3 is 10.1 Å². The van der Waals surface area contributed by atoms with Crippen molar-refractivity contribution < 1.29 is 4.74 Å². The molecule has 1 atom stereocenters. The molecular formula is C21H26N6O. The molecule has 0 amide bonds. The number of hydrogen-bond acceptors (Lipinski definition) is 6. The van der Waals surface area contributed by atoms with Crippen molar-refractivity contribution in [2.24, 2.45) is 0 Å². The lowest BCUT2D eigenvalue weighted by molar-refractivity contribution is 0.260. The Morgan fingerprint density at radius 2 is 1.93 bits per heavy atom. The Morgan fingerprint density at radius 1 is 1.11 bits per heavy atom. The van der Waals surface area contributed by atoms with E-state index in [1.54, 1.807) is 4.68 Å². The molecule has 0 bridgehead atoms. The normalized spacial score (nSPS) is 17.1. The maximum Gasteiger partial charge on any atom is 0.345 e. The lowest BCUT2D eigenvalue weighted by atomic mass is 10.2. The number of likely N-dealkylation sites (tertiary alicyclic amines) is 1. The van der Waals surface area contributed by atoms with Crippen molar-refractivity contribution in [2.75, 3.05) is 19.6 Å². The van der Waals surface area contributed by atoms with Gasteiger partial charge in [0.15, 0.2) is 0 Å². The number of rotatable bonds is 8. The van der Waals surface area contributed by atoms with Crippen LogP contribution < -0.4 is 10.1 Å². The van der Waals surface area contributed by atoms with E-state index in [4.69, 9.17) is 4.74 Å². The summed E-state index contributed by atoms with van der Waals surface area (Å²) in [7, 11) is 0. The first kappa shape index (κ1) is 18.6. The highest BCUT2D eigenvalue weighted by Crippen LogP contribution is 2.21. The van der Waals surface area contributed by atoms with Gasteiger partial charge in [0.2, 0.25) is 0 Å². The minimum Gasteiger partial charge on any atom is -0.423 e. The fraction of sp³-hybridized carbons (Fsp3) is 0.381. The molecule has 3 aromatic rings. The summed E-state index contributed by atoms with van der Waals surface area (Å²) in [6.45, 7) is 6.51. The van der Waals surface area contributed by atoms with Crippen molar-refractivity contribution >= 4 is 0 Å². The van der Waals surface area contributed by atoms with Gasteiger partial charge in [-0.15, -0.1) is 0 Å². The Labute approximate surface area is 165 Å². The van der Waals surface area contributed by atoms with Crippen LogP contribution in [0.5, 0.6) is 11.8 Å². The van der Waals surface area contributed by atoms with Crippen LogP contribution in [0.2, 0.25) is 0 Å². The van der Waals surface area contributed by atoms with E-state index in [1.165, 1.54) is 24.9 Å². The van der Waals surface area contributed by atoms with Crippen molar-refractivity contribution in [1.29, 1.82) is 0 Å². The van der Waals surface area contributed by atoms with Gasteiger partial charge in [0, 0.05) is 19.1 Å². The largest absolute Gasteiger partial charge is 0.423 e. The smallest absolute Gasteiger partial charge is 0.345 e. The molecule has 1 N–H and O–H groups in total. The lowest BCUT2D eigenvalue weighted by Crippen LogP contribution is -2.37. The molecule has 4 rings (SSSR count). The number of aromatic nitrogens is 4. The van der Waals surface area contributed by atoms with E-state index in [-0.39, 0.29) is 0 Å². The van der Waals surface area contributed by atoms with Gasteiger partial charge in [0.1, 0.15) is 5.75 Å². The SMILES string of the molecule is CCN1CCC[C@H]1CNCc1ccc(Oc2nnnn2-c2ccccc2)cc1. The summed E-state index contributed by atoms with van der Waals surface area (Å²) < 4.78 is 7.45. The van der Waals surface area contributed by atoms with Crippen molar-refractivity contribution in [2.45, 2.75) is 32.4 Å². The maximum absolute atomic E-state index is 5.87. The third-order valence-corrected chi connectivity index (χ3v) is 5.19. The molecule has 2 aromatic carbocycles. The topological polar surface area (TPSA) is 68.1 Å². The highest BCUT2D eigenvalue weighted by Gasteiger charge is 2.22. The molecule has 0 saturated carbocycles. The zero-order valence-electron chi connectivity index (χ0n) is 16.2. The molecule has 2 heterocycles. The molecule has 28 heavy (non-hydrogen) atoms. The Morgan fingerprint density at radius 3 is 2.71 bits per heavy atom. The summed E-state index contributed by atoms with van der Waals surface area (Å²) in [6.07, 6.45) is 2.61. The molecule has 1 aromatic heterocycles. The minimum atomic E-state index is 0.345. The number of ether oxygens (including phenoxy) is 1. The van der Waals surface area contributed by atoms with E-state index in [2.05, 4.69) is 44.8 Å². The van der Waals surface area contributed by atoms with Crippen LogP contribution in [0.15, 0.2) is 54.6 Å². The molecule has 1 fully saturated rings. The molecule has 1 aliphatic rings. The number of benzene rings is 2. The summed E-state index contributed by atoms with van der Waals surface area (Å²) in [5.41, 5.74) is 2.09. The molecule has 0 unspecified atom stereocenters. The first-order valence-electron chi connectivity index (χ1n) is 9.89. The van der Waals surface area contributed by atoms with Gasteiger partial charge in [-0.25, -0.2) is 0 Å². The van der Waals surface area contributed by atoms with E-state index >= 15 is 0 Å². The molecule has 1 saturated heterocycles. The van der Waals surface area contributed by atoms with Crippen molar-refractivity contribution in [1.82, 2.24) is 30.4 Å². The van der Waals surface area contributed by atoms with Gasteiger partial charge >= 0.3 is 6.01 Å². The molecule has 0 aliphatic carbocycles. The second kappa shape index (κ2) is 8.95. The van der Waals surface area contributed by atoms with Crippen LogP contribution in [0, 0.1) is 0 Å². The number of tetrazole rings is 1. The van der Waals surface area contributed by atoms with Crippen LogP contribution >= 0.6 is 0 Å². The molecule has 146 valence electrons. The number of para-hydroxylation sites is 1. The second-order valence-corrected chi connectivity index (χ2v) is 7.01. The van der Waals surface area contributed by atoms with Gasteiger partial charge in [0.05, 0.1) is 5.69 Å². The van der Waals surface area contributed by atoms with Crippen LogP contribution in [0.3, 0.4) is 0 Å². The van der Waals surface area contributed by atoms with Crippen molar-refractivity contribution in [3.63, 3.8) is 0 Å². The van der Waals surface area contributed by atoms with E-state index in [9.17, 15) is 0 Å². The summed E-state index contributed by atoms with van der Waals surface area (Å²) >= 11 is 0. The molecule has 0 radical (unpaired) electrons. The van der Waals surface area contributed by atoms with Crippen LogP contribution in [-0.2, 0) is 6.54 Å². The van der Waals surface area contributed by atoms with E-state index < -0.39 is 0 Å². The summed E-state index contributed by atoms with van der Waals surface area (Å²) in [5, 5.41) is 15.3. The predicted octanol–water partition coefficient (Wildman–Crippen LogP) is 3.03. The number of likely N-dealkylation sites (N-methyl/N-ethyl adjacent to an activating group) is 1. The zero-order chi connectivity index (χ0) is 19.2. The first-order chi connectivity index (χ1) is 13.8. The number of nitrogens with zero attached hydrogens (tertiary/aromatic N) is 5. The van der Waals surface area contributed by atoms with E-state index in [1.807, 2.05) is 42.5 Å². The third kappa shape index (κ3) is 4.37. The highest BCUT2D eigenvalue weighted by atomic mass is 16.5. The monoisotopic (exact) mass is 378 g/mol. The van der Waals surface area contributed by atoms with Gasteiger partial charge in [-0.3, -0.25) is 4.90 Å². The van der Waals surface area contributed by atoms with Crippen LogP contribution in [-0.4, -0.2) is 50.8 Å². The average Bonchev–Trinajstić information content (AvgIpc) is 3.39. The Balaban J connectivity index is 1.32. The van der Waals surface area contributed by atoms with Gasteiger partial charge in [-0.1, -0.05) is 42.4 Å². The van der Waals surface area contributed by atoms with Crippen LogP contribution in [0.25, 0.3) is 5.69 Å². The fourth-order valence-corrected chi connectivity index (χ4v) is 3.68. The molecule has 0 spiro atoms. The lowest BCUT2D eigenvalue weighted by Gasteiger charge is -2.23. The van der Waals surface area contributed by atoms with E-state index in [0.717, 1.165) is 25.3 Å². The number of hydrogen-bond donors (Lipinski definition) is 1. The summed E-state index contributed by atoms with van der Waals surface area (Å²) in [5.74, 6) is 0.712. The molecule has 1 aliphatic heterocycles. The third-order valence-electron chi connectivity index (χ3n) is 5.19. The Hall–Kier alpha value is -2.77. The average molecular weight is 378 g/mol.